The quantitative estimate of drug-likeness (QED) is 0.675. The highest BCUT2D eigenvalue weighted by Gasteiger charge is 2.31. The number of hydrogen-bond donors (Lipinski definition) is 1. The molecule has 134 valence electrons. The van der Waals surface area contributed by atoms with Crippen LogP contribution in [0.15, 0.2) is 41.0 Å². The Labute approximate surface area is 155 Å². The minimum absolute atomic E-state index is 0.330. The van der Waals surface area contributed by atoms with E-state index in [1.807, 2.05) is 29.2 Å². The number of aliphatic hydroxyl groups excluding tert-OH is 1. The van der Waals surface area contributed by atoms with Crippen molar-refractivity contribution >= 4 is 15.9 Å². The second-order valence-electron chi connectivity index (χ2n) is 6.48. The van der Waals surface area contributed by atoms with Crippen LogP contribution in [0.25, 0.3) is 0 Å². The van der Waals surface area contributed by atoms with Crippen molar-refractivity contribution in [3.8, 4) is 5.75 Å². The van der Waals surface area contributed by atoms with Crippen LogP contribution >= 0.6 is 15.9 Å². The fourth-order valence-electron chi connectivity index (χ4n) is 2.85. The number of aromatic nitrogens is 1. The molecule has 1 heterocycles. The lowest BCUT2D eigenvalue weighted by Crippen LogP contribution is -2.33. The van der Waals surface area contributed by atoms with Crippen LogP contribution in [0.1, 0.15) is 24.1 Å². The van der Waals surface area contributed by atoms with Crippen molar-refractivity contribution in [1.82, 2.24) is 9.88 Å². The first-order valence-electron chi connectivity index (χ1n) is 8.39. The molecule has 0 aliphatic heterocycles. The molecular formula is C19H22BrFN2O2. The number of benzene rings is 1. The predicted octanol–water partition coefficient (Wildman–Crippen LogP) is 3.76. The summed E-state index contributed by atoms with van der Waals surface area (Å²) in [4.78, 5) is 6.29. The van der Waals surface area contributed by atoms with Crippen LogP contribution in [-0.4, -0.2) is 34.7 Å². The van der Waals surface area contributed by atoms with Gasteiger partial charge >= 0.3 is 0 Å². The molecule has 4 nitrogen and oxygen atoms in total. The molecule has 0 bridgehead atoms. The molecule has 1 fully saturated rings. The summed E-state index contributed by atoms with van der Waals surface area (Å²) < 4.78 is 19.9. The number of methoxy groups -OCH3 is 1. The largest absolute Gasteiger partial charge is 0.497 e. The maximum atomic E-state index is 14.1. The number of ether oxygens (including phenoxy) is 1. The average molecular weight is 409 g/mol. The van der Waals surface area contributed by atoms with Crippen molar-refractivity contribution in [3.63, 3.8) is 0 Å². The zero-order valence-corrected chi connectivity index (χ0v) is 15.7. The van der Waals surface area contributed by atoms with Crippen LogP contribution in [0.2, 0.25) is 0 Å². The summed E-state index contributed by atoms with van der Waals surface area (Å²) in [5.74, 6) is 0.843. The third kappa shape index (κ3) is 5.23. The molecule has 1 N–H and O–H groups in total. The normalized spacial score (nSPS) is 15.4. The van der Waals surface area contributed by atoms with E-state index in [0.717, 1.165) is 24.2 Å². The van der Waals surface area contributed by atoms with Crippen LogP contribution in [0.3, 0.4) is 0 Å². The Hall–Kier alpha value is -1.50. The molecule has 1 saturated carbocycles. The smallest absolute Gasteiger partial charge is 0.146 e. The fourth-order valence-corrected chi connectivity index (χ4v) is 3.20. The van der Waals surface area contributed by atoms with Crippen LogP contribution in [0, 0.1) is 11.7 Å². The summed E-state index contributed by atoms with van der Waals surface area (Å²) in [7, 11) is 1.63. The summed E-state index contributed by atoms with van der Waals surface area (Å²) in [5, 5.41) is 10.3. The minimum atomic E-state index is -0.381. The van der Waals surface area contributed by atoms with Gasteiger partial charge in [0.2, 0.25) is 0 Å². The molecular weight excluding hydrogens is 387 g/mol. The van der Waals surface area contributed by atoms with Crippen LogP contribution < -0.4 is 4.74 Å². The molecule has 1 atom stereocenters. The Kier molecular flexibility index (Phi) is 6.04. The lowest BCUT2D eigenvalue weighted by Gasteiger charge is -2.25. The molecule has 0 radical (unpaired) electrons. The van der Waals surface area contributed by atoms with E-state index < -0.39 is 0 Å². The number of nitrogens with zero attached hydrogens (tertiary/aromatic N) is 2. The molecule has 1 aromatic heterocycles. The first-order chi connectivity index (χ1) is 12.0. The van der Waals surface area contributed by atoms with Crippen LogP contribution in [-0.2, 0) is 13.1 Å². The van der Waals surface area contributed by atoms with Gasteiger partial charge in [-0.25, -0.2) is 9.37 Å². The van der Waals surface area contributed by atoms with Gasteiger partial charge in [-0.3, -0.25) is 4.90 Å². The topological polar surface area (TPSA) is 45.6 Å². The van der Waals surface area contributed by atoms with E-state index >= 15 is 0 Å². The predicted molar refractivity (Wildman–Crippen MR) is 97.7 cm³/mol. The highest BCUT2D eigenvalue weighted by atomic mass is 79.9. The van der Waals surface area contributed by atoms with E-state index in [9.17, 15) is 9.50 Å². The zero-order valence-electron chi connectivity index (χ0n) is 14.2. The molecule has 6 heteroatoms. The van der Waals surface area contributed by atoms with Crippen molar-refractivity contribution in [2.45, 2.75) is 32.0 Å². The first kappa shape index (κ1) is 18.3. The Balaban J connectivity index is 1.74. The van der Waals surface area contributed by atoms with Crippen LogP contribution in [0.4, 0.5) is 4.39 Å². The molecule has 0 amide bonds. The second-order valence-corrected chi connectivity index (χ2v) is 7.30. The molecule has 1 aromatic carbocycles. The van der Waals surface area contributed by atoms with Gasteiger partial charge in [0.1, 0.15) is 16.2 Å². The third-order valence-electron chi connectivity index (χ3n) is 4.43. The maximum Gasteiger partial charge on any atom is 0.146 e. The minimum Gasteiger partial charge on any atom is -0.497 e. The van der Waals surface area contributed by atoms with Crippen molar-refractivity contribution in [2.24, 2.45) is 5.92 Å². The number of halogens is 2. The standard InChI is InChI=1S/C19H22BrFN2O2/c1-25-15-6-2-13(3-7-15)10-23(12-18(24)14-4-5-14)11-17-16(21)8-9-19(20)22-17/h2-3,6-9,14,18,24H,4-5,10-12H2,1H3. The van der Waals surface area contributed by atoms with Gasteiger partial charge in [-0.1, -0.05) is 12.1 Å². The van der Waals surface area contributed by atoms with Gasteiger partial charge < -0.3 is 9.84 Å². The summed E-state index contributed by atoms with van der Waals surface area (Å²) in [6.45, 7) is 1.47. The average Bonchev–Trinajstić information content (AvgIpc) is 3.44. The van der Waals surface area contributed by atoms with Gasteiger partial charge in [0.25, 0.3) is 0 Å². The van der Waals surface area contributed by atoms with Gasteiger partial charge in [-0.05, 0) is 64.5 Å². The Morgan fingerprint density at radius 3 is 2.60 bits per heavy atom. The van der Waals surface area contributed by atoms with Gasteiger partial charge in [0.05, 0.1) is 18.9 Å². The molecule has 1 unspecified atom stereocenters. The van der Waals surface area contributed by atoms with E-state index in [4.69, 9.17) is 4.74 Å². The number of rotatable bonds is 8. The SMILES string of the molecule is COc1ccc(CN(Cc2nc(Br)ccc2F)CC(O)C2CC2)cc1. The van der Waals surface area contributed by atoms with E-state index in [0.29, 0.717) is 35.8 Å². The summed E-state index contributed by atoms with van der Waals surface area (Å²) in [6.07, 6.45) is 1.76. The molecule has 1 aliphatic carbocycles. The summed E-state index contributed by atoms with van der Waals surface area (Å²) >= 11 is 3.29. The van der Waals surface area contributed by atoms with E-state index in [2.05, 4.69) is 20.9 Å². The lowest BCUT2D eigenvalue weighted by atomic mass is 10.1. The molecule has 2 aromatic rings. The highest BCUT2D eigenvalue weighted by molar-refractivity contribution is 9.10. The van der Waals surface area contributed by atoms with Gasteiger partial charge in [-0.15, -0.1) is 0 Å². The van der Waals surface area contributed by atoms with Crippen molar-refractivity contribution < 1.29 is 14.2 Å². The van der Waals surface area contributed by atoms with Crippen molar-refractivity contribution in [1.29, 1.82) is 0 Å². The molecule has 3 rings (SSSR count). The lowest BCUT2D eigenvalue weighted by molar-refractivity contribution is 0.0866. The second kappa shape index (κ2) is 8.25. The number of hydrogen-bond acceptors (Lipinski definition) is 4. The summed E-state index contributed by atoms with van der Waals surface area (Å²) in [6, 6.07) is 10.8. The molecule has 0 saturated heterocycles. The molecule has 1 aliphatic rings. The Bertz CT molecular complexity index is 707. The van der Waals surface area contributed by atoms with Gasteiger partial charge in [0, 0.05) is 19.6 Å². The Morgan fingerprint density at radius 2 is 1.96 bits per heavy atom. The fraction of sp³-hybridized carbons (Fsp3) is 0.421. The van der Waals surface area contributed by atoms with Gasteiger partial charge in [-0.2, -0.15) is 0 Å². The van der Waals surface area contributed by atoms with Crippen molar-refractivity contribution in [3.05, 3.63) is 58.1 Å². The van der Waals surface area contributed by atoms with E-state index in [1.165, 1.54) is 6.07 Å². The third-order valence-corrected chi connectivity index (χ3v) is 4.88. The highest BCUT2D eigenvalue weighted by Crippen LogP contribution is 2.33. The monoisotopic (exact) mass is 408 g/mol. The number of aliphatic hydroxyl groups is 1. The summed E-state index contributed by atoms with van der Waals surface area (Å²) in [5.41, 5.74) is 1.46. The van der Waals surface area contributed by atoms with E-state index in [-0.39, 0.29) is 11.9 Å². The van der Waals surface area contributed by atoms with Crippen molar-refractivity contribution in [2.75, 3.05) is 13.7 Å². The van der Waals surface area contributed by atoms with E-state index in [1.54, 1.807) is 13.2 Å². The first-order valence-corrected chi connectivity index (χ1v) is 9.18. The molecule has 25 heavy (non-hydrogen) atoms. The Morgan fingerprint density at radius 1 is 1.24 bits per heavy atom. The zero-order chi connectivity index (χ0) is 17.8. The van der Waals surface area contributed by atoms with Gasteiger partial charge in [0.15, 0.2) is 0 Å². The van der Waals surface area contributed by atoms with Crippen LogP contribution in [0.5, 0.6) is 5.75 Å². The maximum absolute atomic E-state index is 14.1. The molecule has 0 spiro atoms. The number of pyridine rings is 1.